The normalized spacial score (nSPS) is 11.7. The van der Waals surface area contributed by atoms with Gasteiger partial charge in [-0.3, -0.25) is 9.36 Å². The highest BCUT2D eigenvalue weighted by molar-refractivity contribution is 5.42. The summed E-state index contributed by atoms with van der Waals surface area (Å²) in [6.45, 7) is 11.1. The molecule has 2 aromatic heterocycles. The molecule has 166 valence electrons. The number of alkyl halides is 1. The average Bonchev–Trinajstić information content (AvgIpc) is 3.17. The first kappa shape index (κ1) is 25.3. The molecule has 0 atom stereocenters. The van der Waals surface area contributed by atoms with E-state index in [1.165, 1.54) is 21.4 Å². The van der Waals surface area contributed by atoms with Crippen LogP contribution < -0.4 is 10.3 Å². The molecule has 0 amide bonds. The van der Waals surface area contributed by atoms with Gasteiger partial charge in [-0.05, 0) is 24.8 Å². The number of aromatic nitrogens is 4. The van der Waals surface area contributed by atoms with Crippen LogP contribution in [-0.4, -0.2) is 45.7 Å². The monoisotopic (exact) mass is 420 g/mol. The lowest BCUT2D eigenvalue weighted by atomic mass is 10.2. The average molecular weight is 421 g/mol. The first-order valence-electron chi connectivity index (χ1n) is 10.2. The maximum Gasteiger partial charge on any atom is 0.317 e. The van der Waals surface area contributed by atoms with Crippen molar-refractivity contribution in [1.29, 1.82) is 0 Å². The molecular weight excluding hydrogens is 387 g/mol. The Labute approximate surface area is 177 Å². The minimum Gasteiger partial charge on any atom is -0.459 e. The van der Waals surface area contributed by atoms with Crippen LogP contribution in [0.2, 0.25) is 0 Å². The van der Waals surface area contributed by atoms with Crippen molar-refractivity contribution in [2.45, 2.75) is 39.5 Å². The molecule has 0 unspecified atom stereocenters. The number of nitrogens with zero attached hydrogens (tertiary/aromatic N) is 4. The third-order valence-corrected chi connectivity index (χ3v) is 4.10. The molecule has 0 spiro atoms. The number of aryl methyl sites for hydroxylation is 1. The fourth-order valence-corrected chi connectivity index (χ4v) is 2.71. The van der Waals surface area contributed by atoms with E-state index in [1.54, 1.807) is 13.1 Å². The van der Waals surface area contributed by atoms with Crippen LogP contribution >= 0.6 is 0 Å². The van der Waals surface area contributed by atoms with E-state index in [0.29, 0.717) is 24.4 Å². The second kappa shape index (κ2) is 14.3. The maximum absolute atomic E-state index is 12.6. The van der Waals surface area contributed by atoms with Crippen LogP contribution in [0.3, 0.4) is 0 Å². The van der Waals surface area contributed by atoms with Crippen molar-refractivity contribution < 1.29 is 13.9 Å². The summed E-state index contributed by atoms with van der Waals surface area (Å²) in [6.07, 6.45) is 9.82. The van der Waals surface area contributed by atoms with Crippen molar-refractivity contribution in [2.24, 2.45) is 7.05 Å². The second-order valence-electron chi connectivity index (χ2n) is 6.37. The summed E-state index contributed by atoms with van der Waals surface area (Å²) < 4.78 is 26.5. The Hall–Kier alpha value is -2.74. The Morgan fingerprint density at radius 3 is 2.73 bits per heavy atom. The maximum atomic E-state index is 12.6. The van der Waals surface area contributed by atoms with Crippen LogP contribution in [0.15, 0.2) is 48.0 Å². The van der Waals surface area contributed by atoms with Gasteiger partial charge in [-0.15, -0.1) is 18.3 Å². The zero-order chi connectivity index (χ0) is 22.4. The SMILES string of the molecule is C=C.CC/C=C(\C=C/CF)COc1nn2c(CCCOCCC)ncc2c(=O)n1C. The second-order valence-corrected chi connectivity index (χ2v) is 6.37. The molecule has 0 aliphatic rings. The predicted octanol–water partition coefficient (Wildman–Crippen LogP) is 3.83. The third kappa shape index (κ3) is 7.26. The first-order chi connectivity index (χ1) is 14.6. The quantitative estimate of drug-likeness (QED) is 0.296. The highest BCUT2D eigenvalue weighted by Gasteiger charge is 2.14. The summed E-state index contributed by atoms with van der Waals surface area (Å²) >= 11 is 0. The number of fused-ring (bicyclic) bond motifs is 1. The number of hydrogen-bond donors (Lipinski definition) is 0. The fraction of sp³-hybridized carbons (Fsp3) is 0.500. The van der Waals surface area contributed by atoms with Crippen molar-refractivity contribution in [1.82, 2.24) is 19.2 Å². The highest BCUT2D eigenvalue weighted by Crippen LogP contribution is 2.10. The lowest BCUT2D eigenvalue weighted by Crippen LogP contribution is -2.24. The molecule has 0 fully saturated rings. The van der Waals surface area contributed by atoms with E-state index >= 15 is 0 Å². The van der Waals surface area contributed by atoms with Crippen LogP contribution in [0.4, 0.5) is 4.39 Å². The van der Waals surface area contributed by atoms with Gasteiger partial charge in [0, 0.05) is 26.7 Å². The lowest BCUT2D eigenvalue weighted by molar-refractivity contribution is 0.132. The van der Waals surface area contributed by atoms with E-state index in [-0.39, 0.29) is 18.2 Å². The van der Waals surface area contributed by atoms with Gasteiger partial charge in [0.2, 0.25) is 0 Å². The van der Waals surface area contributed by atoms with E-state index in [9.17, 15) is 9.18 Å². The molecule has 0 saturated carbocycles. The Morgan fingerprint density at radius 1 is 1.30 bits per heavy atom. The lowest BCUT2D eigenvalue weighted by Gasteiger charge is -2.11. The number of halogens is 1. The summed E-state index contributed by atoms with van der Waals surface area (Å²) in [7, 11) is 1.61. The molecule has 0 bridgehead atoms. The van der Waals surface area contributed by atoms with Gasteiger partial charge in [0.05, 0.1) is 6.20 Å². The van der Waals surface area contributed by atoms with Crippen LogP contribution in [0.25, 0.3) is 5.52 Å². The molecule has 2 heterocycles. The summed E-state index contributed by atoms with van der Waals surface area (Å²) in [5.41, 5.74) is 1.00. The van der Waals surface area contributed by atoms with Crippen molar-refractivity contribution in [3.8, 4) is 6.01 Å². The Kier molecular flexibility index (Phi) is 12.0. The topological polar surface area (TPSA) is 70.7 Å². The van der Waals surface area contributed by atoms with E-state index in [2.05, 4.69) is 30.2 Å². The van der Waals surface area contributed by atoms with Crippen LogP contribution in [0, 0.1) is 0 Å². The number of imidazole rings is 1. The van der Waals surface area contributed by atoms with E-state index in [0.717, 1.165) is 31.4 Å². The van der Waals surface area contributed by atoms with Crippen molar-refractivity contribution in [2.75, 3.05) is 26.5 Å². The molecule has 30 heavy (non-hydrogen) atoms. The molecule has 7 nitrogen and oxygen atoms in total. The molecule has 2 rings (SSSR count). The number of allylic oxidation sites excluding steroid dienone is 2. The molecule has 0 N–H and O–H groups in total. The van der Waals surface area contributed by atoms with Gasteiger partial charge in [-0.1, -0.05) is 32.1 Å². The Bertz CT molecular complexity index is 886. The highest BCUT2D eigenvalue weighted by atomic mass is 19.1. The molecule has 0 saturated heterocycles. The Balaban J connectivity index is 0.00000218. The van der Waals surface area contributed by atoms with E-state index in [4.69, 9.17) is 9.47 Å². The number of hydrogen-bond acceptors (Lipinski definition) is 5. The largest absolute Gasteiger partial charge is 0.459 e. The fourth-order valence-electron chi connectivity index (χ4n) is 2.71. The van der Waals surface area contributed by atoms with E-state index < -0.39 is 6.67 Å². The third-order valence-electron chi connectivity index (χ3n) is 4.10. The van der Waals surface area contributed by atoms with Gasteiger partial charge in [-0.2, -0.15) is 0 Å². The summed E-state index contributed by atoms with van der Waals surface area (Å²) in [5, 5.41) is 4.45. The van der Waals surface area contributed by atoms with Crippen molar-refractivity contribution >= 4 is 5.52 Å². The van der Waals surface area contributed by atoms with Crippen LogP contribution in [0.1, 0.15) is 38.9 Å². The van der Waals surface area contributed by atoms with Crippen LogP contribution in [-0.2, 0) is 18.2 Å². The molecule has 0 aliphatic heterocycles. The first-order valence-corrected chi connectivity index (χ1v) is 10.2. The van der Waals surface area contributed by atoms with Gasteiger partial charge in [0.25, 0.3) is 5.56 Å². The molecule has 0 radical (unpaired) electrons. The van der Waals surface area contributed by atoms with Gasteiger partial charge in [-0.25, -0.2) is 13.9 Å². The van der Waals surface area contributed by atoms with Crippen molar-refractivity contribution in [3.63, 3.8) is 0 Å². The summed E-state index contributed by atoms with van der Waals surface area (Å²) in [5.74, 6) is 0.694. The molecule has 0 aromatic carbocycles. The Morgan fingerprint density at radius 2 is 2.07 bits per heavy atom. The molecule has 2 aromatic rings. The minimum atomic E-state index is -0.538. The smallest absolute Gasteiger partial charge is 0.317 e. The predicted molar refractivity (Wildman–Crippen MR) is 118 cm³/mol. The summed E-state index contributed by atoms with van der Waals surface area (Å²) in [4.78, 5) is 16.9. The van der Waals surface area contributed by atoms with Crippen molar-refractivity contribution in [3.05, 3.63) is 59.3 Å². The number of ether oxygens (including phenoxy) is 2. The molecule has 8 heteroatoms. The summed E-state index contributed by atoms with van der Waals surface area (Å²) in [6, 6.07) is 0.189. The van der Waals surface area contributed by atoms with Gasteiger partial charge >= 0.3 is 6.01 Å². The van der Waals surface area contributed by atoms with Gasteiger partial charge in [0.15, 0.2) is 5.52 Å². The van der Waals surface area contributed by atoms with E-state index in [1.807, 2.05) is 13.0 Å². The standard InChI is InChI=1S/C20H29FN4O3.C2H4/c1-4-8-16(9-6-11-21)15-28-20-23-25-17(19(26)24(20)3)14-22-18(25)10-7-13-27-12-5-2;1-2/h6,8-9,14H,4-5,7,10-13,15H2,1-3H3;1-2H2/b9-6-,16-8+;. The van der Waals surface area contributed by atoms with Gasteiger partial charge in [0.1, 0.15) is 19.1 Å². The molecular formula is C22H33FN4O3. The zero-order valence-corrected chi connectivity index (χ0v) is 18.3. The van der Waals surface area contributed by atoms with Crippen LogP contribution in [0.5, 0.6) is 6.01 Å². The molecule has 0 aliphatic carbocycles. The number of rotatable bonds is 12. The van der Waals surface area contributed by atoms with Gasteiger partial charge < -0.3 is 9.47 Å². The minimum absolute atomic E-state index is 0.189. The zero-order valence-electron chi connectivity index (χ0n) is 18.3.